The van der Waals surface area contributed by atoms with Gasteiger partial charge in [-0.15, -0.1) is 0 Å². The molecule has 4 nitrogen and oxygen atoms in total. The molecule has 1 rings (SSSR count). The SMILES string of the molecule is CCOCC(O)COc1ccc(Cl)cc1[C@@H](C)O. The van der Waals surface area contributed by atoms with Crippen LogP contribution in [0, 0.1) is 0 Å². The Bertz CT molecular complexity index is 368. The molecule has 0 amide bonds. The van der Waals surface area contributed by atoms with Gasteiger partial charge in [-0.3, -0.25) is 0 Å². The second kappa shape index (κ2) is 7.59. The molecule has 18 heavy (non-hydrogen) atoms. The average Bonchev–Trinajstić information content (AvgIpc) is 2.34. The number of hydrogen-bond donors (Lipinski definition) is 2. The lowest BCUT2D eigenvalue weighted by Crippen LogP contribution is -2.23. The summed E-state index contributed by atoms with van der Waals surface area (Å²) in [5.41, 5.74) is 0.603. The van der Waals surface area contributed by atoms with E-state index in [9.17, 15) is 10.2 Å². The minimum atomic E-state index is -0.692. The second-order valence-electron chi connectivity index (χ2n) is 3.98. The summed E-state index contributed by atoms with van der Waals surface area (Å²) in [6, 6.07) is 5.01. The number of aliphatic hydroxyl groups is 2. The Morgan fingerprint density at radius 2 is 2.00 bits per heavy atom. The van der Waals surface area contributed by atoms with E-state index in [0.717, 1.165) is 0 Å². The number of hydrogen-bond acceptors (Lipinski definition) is 4. The first kappa shape index (κ1) is 15.2. The maximum Gasteiger partial charge on any atom is 0.125 e. The molecule has 0 aliphatic carbocycles. The summed E-state index contributed by atoms with van der Waals surface area (Å²) in [4.78, 5) is 0. The number of rotatable bonds is 7. The van der Waals surface area contributed by atoms with Crippen LogP contribution in [0.4, 0.5) is 0 Å². The van der Waals surface area contributed by atoms with Crippen molar-refractivity contribution in [3.8, 4) is 5.75 Å². The van der Waals surface area contributed by atoms with Crippen molar-refractivity contribution in [2.45, 2.75) is 26.1 Å². The van der Waals surface area contributed by atoms with Crippen molar-refractivity contribution in [1.82, 2.24) is 0 Å². The molecule has 5 heteroatoms. The van der Waals surface area contributed by atoms with Crippen molar-refractivity contribution >= 4 is 11.6 Å². The lowest BCUT2D eigenvalue weighted by molar-refractivity contribution is 0.0158. The molecule has 0 radical (unpaired) electrons. The molecule has 0 aliphatic heterocycles. The Hall–Kier alpha value is -0.810. The molecule has 0 saturated heterocycles. The van der Waals surface area contributed by atoms with Crippen molar-refractivity contribution in [3.05, 3.63) is 28.8 Å². The highest BCUT2D eigenvalue weighted by Crippen LogP contribution is 2.28. The molecular weight excluding hydrogens is 256 g/mol. The molecule has 102 valence electrons. The zero-order chi connectivity index (χ0) is 13.5. The van der Waals surface area contributed by atoms with Gasteiger partial charge in [0, 0.05) is 17.2 Å². The highest BCUT2D eigenvalue weighted by atomic mass is 35.5. The van der Waals surface area contributed by atoms with Gasteiger partial charge in [-0.25, -0.2) is 0 Å². The van der Waals surface area contributed by atoms with Gasteiger partial charge in [0.25, 0.3) is 0 Å². The van der Waals surface area contributed by atoms with Crippen LogP contribution < -0.4 is 4.74 Å². The normalized spacial score (nSPS) is 14.3. The molecule has 1 aromatic rings. The molecule has 0 bridgehead atoms. The van der Waals surface area contributed by atoms with E-state index in [2.05, 4.69) is 0 Å². The molecule has 1 unspecified atom stereocenters. The highest BCUT2D eigenvalue weighted by Gasteiger charge is 2.12. The maximum atomic E-state index is 9.61. The van der Waals surface area contributed by atoms with Crippen molar-refractivity contribution in [1.29, 1.82) is 0 Å². The molecule has 1 aromatic carbocycles. The molecule has 0 saturated carbocycles. The van der Waals surface area contributed by atoms with Crippen molar-refractivity contribution in [2.75, 3.05) is 19.8 Å². The molecular formula is C13H19ClO4. The maximum absolute atomic E-state index is 9.61. The lowest BCUT2D eigenvalue weighted by Gasteiger charge is -2.16. The zero-order valence-electron chi connectivity index (χ0n) is 10.6. The molecule has 0 aromatic heterocycles. The van der Waals surface area contributed by atoms with Gasteiger partial charge in [0.05, 0.1) is 12.7 Å². The fourth-order valence-corrected chi connectivity index (χ4v) is 1.65. The third kappa shape index (κ3) is 4.82. The summed E-state index contributed by atoms with van der Waals surface area (Å²) in [5.74, 6) is 0.518. The van der Waals surface area contributed by atoms with Gasteiger partial charge in [-0.2, -0.15) is 0 Å². The third-order valence-corrected chi connectivity index (χ3v) is 2.60. The lowest BCUT2D eigenvalue weighted by atomic mass is 10.1. The van der Waals surface area contributed by atoms with Crippen LogP contribution in [0.1, 0.15) is 25.5 Å². The minimum Gasteiger partial charge on any atom is -0.490 e. The Morgan fingerprint density at radius 1 is 1.28 bits per heavy atom. The second-order valence-corrected chi connectivity index (χ2v) is 4.42. The molecule has 0 heterocycles. The summed E-state index contributed by atoms with van der Waals surface area (Å²) < 4.78 is 10.5. The van der Waals surface area contributed by atoms with Crippen LogP contribution in [0.3, 0.4) is 0 Å². The Kier molecular flexibility index (Phi) is 6.43. The first-order valence-corrected chi connectivity index (χ1v) is 6.28. The van der Waals surface area contributed by atoms with E-state index < -0.39 is 12.2 Å². The number of benzene rings is 1. The topological polar surface area (TPSA) is 58.9 Å². The molecule has 2 N–H and O–H groups in total. The van der Waals surface area contributed by atoms with Crippen LogP contribution in [-0.2, 0) is 4.74 Å². The van der Waals surface area contributed by atoms with E-state index in [1.807, 2.05) is 6.92 Å². The number of halogens is 1. The molecule has 0 spiro atoms. The third-order valence-electron chi connectivity index (χ3n) is 2.37. The van der Waals surface area contributed by atoms with Gasteiger partial charge in [0.1, 0.15) is 18.5 Å². The average molecular weight is 275 g/mol. The Morgan fingerprint density at radius 3 is 2.61 bits per heavy atom. The van der Waals surface area contributed by atoms with Crippen LogP contribution in [0.25, 0.3) is 0 Å². The Labute approximate surface area is 112 Å². The van der Waals surface area contributed by atoms with Crippen molar-refractivity contribution in [3.63, 3.8) is 0 Å². The van der Waals surface area contributed by atoms with Crippen LogP contribution in [0.5, 0.6) is 5.75 Å². The van der Waals surface area contributed by atoms with E-state index in [1.54, 1.807) is 25.1 Å². The van der Waals surface area contributed by atoms with Gasteiger partial charge in [-0.05, 0) is 32.0 Å². The minimum absolute atomic E-state index is 0.112. The fraction of sp³-hybridized carbons (Fsp3) is 0.538. The van der Waals surface area contributed by atoms with E-state index in [0.29, 0.717) is 22.9 Å². The van der Waals surface area contributed by atoms with Gasteiger partial charge >= 0.3 is 0 Å². The first-order chi connectivity index (χ1) is 8.54. The van der Waals surface area contributed by atoms with Crippen LogP contribution in [0.15, 0.2) is 18.2 Å². The van der Waals surface area contributed by atoms with E-state index in [-0.39, 0.29) is 13.2 Å². The Balaban J connectivity index is 2.61. The largest absolute Gasteiger partial charge is 0.490 e. The molecule has 0 aliphatic rings. The van der Waals surface area contributed by atoms with Gasteiger partial charge < -0.3 is 19.7 Å². The summed E-state index contributed by atoms with van der Waals surface area (Å²) in [5, 5.41) is 19.7. The van der Waals surface area contributed by atoms with Crippen molar-refractivity contribution in [2.24, 2.45) is 0 Å². The van der Waals surface area contributed by atoms with Gasteiger partial charge in [0.15, 0.2) is 0 Å². The van der Waals surface area contributed by atoms with Gasteiger partial charge in [0.2, 0.25) is 0 Å². The van der Waals surface area contributed by atoms with Gasteiger partial charge in [-0.1, -0.05) is 11.6 Å². The van der Waals surface area contributed by atoms with E-state index >= 15 is 0 Å². The van der Waals surface area contributed by atoms with Crippen LogP contribution in [0.2, 0.25) is 5.02 Å². The zero-order valence-corrected chi connectivity index (χ0v) is 11.4. The predicted molar refractivity (Wildman–Crippen MR) is 70.1 cm³/mol. The standard InChI is InChI=1S/C13H19ClO4/c1-3-17-7-11(16)8-18-13-5-4-10(14)6-12(13)9(2)15/h4-6,9,11,15-16H,3,7-8H2,1-2H3/t9-,11?/m1/s1. The molecule has 2 atom stereocenters. The molecule has 0 fully saturated rings. The van der Waals surface area contributed by atoms with E-state index in [4.69, 9.17) is 21.1 Å². The summed E-state index contributed by atoms with van der Waals surface area (Å²) >= 11 is 5.86. The monoisotopic (exact) mass is 274 g/mol. The smallest absolute Gasteiger partial charge is 0.125 e. The quantitative estimate of drug-likeness (QED) is 0.800. The van der Waals surface area contributed by atoms with Crippen LogP contribution >= 0.6 is 11.6 Å². The number of aliphatic hydroxyl groups excluding tert-OH is 2. The summed E-state index contributed by atoms with van der Waals surface area (Å²) in [7, 11) is 0. The number of ether oxygens (including phenoxy) is 2. The summed E-state index contributed by atoms with van der Waals surface area (Å²) in [6.07, 6.45) is -1.37. The van der Waals surface area contributed by atoms with Crippen LogP contribution in [-0.4, -0.2) is 36.1 Å². The summed E-state index contributed by atoms with van der Waals surface area (Å²) in [6.45, 7) is 4.39. The predicted octanol–water partition coefficient (Wildman–Crippen LogP) is 2.17. The first-order valence-electron chi connectivity index (χ1n) is 5.90. The van der Waals surface area contributed by atoms with E-state index in [1.165, 1.54) is 0 Å². The fourth-order valence-electron chi connectivity index (χ4n) is 1.47. The highest BCUT2D eigenvalue weighted by molar-refractivity contribution is 6.30. The van der Waals surface area contributed by atoms with Crippen molar-refractivity contribution < 1.29 is 19.7 Å².